The molecule has 0 spiro atoms. The van der Waals surface area contributed by atoms with Crippen molar-refractivity contribution in [1.82, 2.24) is 4.90 Å². The van der Waals surface area contributed by atoms with Gasteiger partial charge in [-0.05, 0) is 5.56 Å². The Morgan fingerprint density at radius 3 is 2.35 bits per heavy atom. The van der Waals surface area contributed by atoms with E-state index in [0.29, 0.717) is 6.54 Å². The van der Waals surface area contributed by atoms with Gasteiger partial charge in [-0.3, -0.25) is 14.5 Å². The molecular weight excluding hydrogens is 218 g/mol. The summed E-state index contributed by atoms with van der Waals surface area (Å²) in [5.41, 5.74) is 1.09. The first kappa shape index (κ1) is 10.2. The number of carbonyl (C=O) groups is 2. The van der Waals surface area contributed by atoms with Gasteiger partial charge in [0.2, 0.25) is 0 Å². The van der Waals surface area contributed by atoms with Crippen LogP contribution in [0, 0.1) is 0 Å². The molecule has 1 aromatic rings. The summed E-state index contributed by atoms with van der Waals surface area (Å²) in [6.07, 6.45) is 2.53. The van der Waals surface area contributed by atoms with Gasteiger partial charge in [0.05, 0.1) is 6.54 Å². The predicted octanol–water partition coefficient (Wildman–Crippen LogP) is 1.05. The molecule has 17 heavy (non-hydrogen) atoms. The van der Waals surface area contributed by atoms with E-state index >= 15 is 0 Å². The first-order valence-electron chi connectivity index (χ1n) is 5.49. The molecule has 1 saturated heterocycles. The van der Waals surface area contributed by atoms with Crippen molar-refractivity contribution in [2.45, 2.75) is 12.2 Å². The van der Waals surface area contributed by atoms with Crippen molar-refractivity contribution in [2.24, 2.45) is 0 Å². The number of imide groups is 1. The minimum absolute atomic E-state index is 0.0115. The molecule has 1 fully saturated rings. The summed E-state index contributed by atoms with van der Waals surface area (Å²) < 4.78 is 5.49. The van der Waals surface area contributed by atoms with Crippen LogP contribution in [-0.2, 0) is 14.3 Å². The molecule has 86 valence electrons. The van der Waals surface area contributed by atoms with Crippen molar-refractivity contribution in [1.29, 1.82) is 0 Å². The highest BCUT2D eigenvalue weighted by molar-refractivity contribution is 6.12. The minimum Gasteiger partial charge on any atom is -0.363 e. The maximum Gasteiger partial charge on any atom is 0.253 e. The van der Waals surface area contributed by atoms with E-state index in [4.69, 9.17) is 4.74 Å². The van der Waals surface area contributed by atoms with Crippen LogP contribution >= 0.6 is 0 Å². The van der Waals surface area contributed by atoms with E-state index in [1.165, 1.54) is 17.1 Å². The molecule has 2 aliphatic rings. The SMILES string of the molecule is O=C1C=CC(=O)N1CC1OC1c1ccccc1. The van der Waals surface area contributed by atoms with E-state index in [1.54, 1.807) is 0 Å². The van der Waals surface area contributed by atoms with Crippen LogP contribution in [0.25, 0.3) is 0 Å². The van der Waals surface area contributed by atoms with E-state index in [2.05, 4.69) is 0 Å². The van der Waals surface area contributed by atoms with Crippen LogP contribution in [0.5, 0.6) is 0 Å². The Hall–Kier alpha value is -1.94. The molecule has 0 saturated carbocycles. The number of carbonyl (C=O) groups excluding carboxylic acids is 2. The maximum absolute atomic E-state index is 11.4. The first-order valence-corrected chi connectivity index (χ1v) is 5.49. The topological polar surface area (TPSA) is 49.9 Å². The number of benzene rings is 1. The second-order valence-corrected chi connectivity index (χ2v) is 4.13. The highest BCUT2D eigenvalue weighted by Gasteiger charge is 2.43. The second-order valence-electron chi connectivity index (χ2n) is 4.13. The lowest BCUT2D eigenvalue weighted by Crippen LogP contribution is -2.33. The zero-order valence-electron chi connectivity index (χ0n) is 9.08. The Bertz CT molecular complexity index is 477. The Morgan fingerprint density at radius 2 is 1.71 bits per heavy atom. The van der Waals surface area contributed by atoms with E-state index in [0.717, 1.165) is 5.56 Å². The fourth-order valence-corrected chi connectivity index (χ4v) is 2.01. The number of rotatable bonds is 3. The molecule has 4 heteroatoms. The molecule has 0 bridgehead atoms. The minimum atomic E-state index is -0.252. The lowest BCUT2D eigenvalue weighted by atomic mass is 10.1. The smallest absolute Gasteiger partial charge is 0.253 e. The third-order valence-corrected chi connectivity index (χ3v) is 2.97. The summed E-state index contributed by atoms with van der Waals surface area (Å²) in [4.78, 5) is 23.9. The highest BCUT2D eigenvalue weighted by Crippen LogP contribution is 2.39. The standard InChI is InChI=1S/C13H11NO3/c15-11-6-7-12(16)14(11)8-10-13(17-10)9-4-2-1-3-5-9/h1-7,10,13H,8H2. The summed E-state index contributed by atoms with van der Waals surface area (Å²) in [6.45, 7) is 0.338. The normalized spacial score (nSPS) is 26.7. The molecule has 0 N–H and O–H groups in total. The summed E-state index contributed by atoms with van der Waals surface area (Å²) in [7, 11) is 0. The lowest BCUT2D eigenvalue weighted by molar-refractivity contribution is -0.137. The zero-order valence-corrected chi connectivity index (χ0v) is 9.08. The number of ether oxygens (including phenoxy) is 1. The molecule has 2 aliphatic heterocycles. The van der Waals surface area contributed by atoms with E-state index in [9.17, 15) is 9.59 Å². The Balaban J connectivity index is 1.63. The van der Waals surface area contributed by atoms with Crippen LogP contribution in [-0.4, -0.2) is 29.4 Å². The molecular formula is C13H11NO3. The summed E-state index contributed by atoms with van der Waals surface area (Å²) in [6, 6.07) is 9.80. The summed E-state index contributed by atoms with van der Waals surface area (Å²) in [5.74, 6) is -0.505. The maximum atomic E-state index is 11.4. The molecule has 1 aromatic carbocycles. The first-order chi connectivity index (χ1) is 8.25. The number of amides is 2. The third kappa shape index (κ3) is 1.87. The van der Waals surface area contributed by atoms with Gasteiger partial charge in [-0.25, -0.2) is 0 Å². The molecule has 0 radical (unpaired) electrons. The van der Waals surface area contributed by atoms with Gasteiger partial charge in [0.1, 0.15) is 12.2 Å². The van der Waals surface area contributed by atoms with Gasteiger partial charge >= 0.3 is 0 Å². The van der Waals surface area contributed by atoms with Crippen LogP contribution < -0.4 is 0 Å². The molecule has 2 atom stereocenters. The molecule has 2 heterocycles. The van der Waals surface area contributed by atoms with Crippen molar-refractivity contribution in [3.05, 3.63) is 48.0 Å². The van der Waals surface area contributed by atoms with Gasteiger partial charge in [-0.1, -0.05) is 30.3 Å². The van der Waals surface area contributed by atoms with Crippen molar-refractivity contribution < 1.29 is 14.3 Å². The average molecular weight is 229 g/mol. The van der Waals surface area contributed by atoms with Crippen LogP contribution in [0.4, 0.5) is 0 Å². The van der Waals surface area contributed by atoms with E-state index < -0.39 is 0 Å². The molecule has 3 rings (SSSR count). The molecule has 2 unspecified atom stereocenters. The molecule has 0 aliphatic carbocycles. The zero-order chi connectivity index (χ0) is 11.8. The van der Waals surface area contributed by atoms with E-state index in [1.807, 2.05) is 30.3 Å². The predicted molar refractivity (Wildman–Crippen MR) is 59.9 cm³/mol. The van der Waals surface area contributed by atoms with Crippen LogP contribution in [0.1, 0.15) is 11.7 Å². The lowest BCUT2D eigenvalue weighted by Gasteiger charge is -2.11. The van der Waals surface area contributed by atoms with Crippen molar-refractivity contribution in [2.75, 3.05) is 6.54 Å². The van der Waals surface area contributed by atoms with Gasteiger partial charge in [0, 0.05) is 12.2 Å². The number of nitrogens with zero attached hydrogens (tertiary/aromatic N) is 1. The Labute approximate surface area is 98.5 Å². The number of epoxide rings is 1. The quantitative estimate of drug-likeness (QED) is 0.575. The van der Waals surface area contributed by atoms with Gasteiger partial charge < -0.3 is 4.74 Å². The Morgan fingerprint density at radius 1 is 1.06 bits per heavy atom. The van der Waals surface area contributed by atoms with Crippen molar-refractivity contribution in [3.8, 4) is 0 Å². The average Bonchev–Trinajstić information content (AvgIpc) is 3.06. The van der Waals surface area contributed by atoms with Gasteiger partial charge in [0.25, 0.3) is 11.8 Å². The number of hydrogen-bond acceptors (Lipinski definition) is 3. The van der Waals surface area contributed by atoms with Crippen molar-refractivity contribution in [3.63, 3.8) is 0 Å². The molecule has 4 nitrogen and oxygen atoms in total. The van der Waals surface area contributed by atoms with Crippen LogP contribution in [0.2, 0.25) is 0 Å². The fraction of sp³-hybridized carbons (Fsp3) is 0.231. The second kappa shape index (κ2) is 3.82. The Kier molecular flexibility index (Phi) is 2.30. The highest BCUT2D eigenvalue weighted by atomic mass is 16.6. The van der Waals surface area contributed by atoms with Gasteiger partial charge in [-0.15, -0.1) is 0 Å². The molecule has 0 aromatic heterocycles. The van der Waals surface area contributed by atoms with E-state index in [-0.39, 0.29) is 24.0 Å². The summed E-state index contributed by atoms with van der Waals surface area (Å²) in [5, 5.41) is 0. The van der Waals surface area contributed by atoms with Gasteiger partial charge in [0.15, 0.2) is 0 Å². The van der Waals surface area contributed by atoms with Crippen LogP contribution in [0.3, 0.4) is 0 Å². The number of hydrogen-bond donors (Lipinski definition) is 0. The molecule has 2 amide bonds. The fourth-order valence-electron chi connectivity index (χ4n) is 2.01. The van der Waals surface area contributed by atoms with Gasteiger partial charge in [-0.2, -0.15) is 0 Å². The monoisotopic (exact) mass is 229 g/mol. The van der Waals surface area contributed by atoms with Crippen LogP contribution in [0.15, 0.2) is 42.5 Å². The third-order valence-electron chi connectivity index (χ3n) is 2.97. The van der Waals surface area contributed by atoms with Crippen molar-refractivity contribution >= 4 is 11.8 Å². The summed E-state index contributed by atoms with van der Waals surface area (Å²) >= 11 is 0. The largest absolute Gasteiger partial charge is 0.363 e.